The molecular weight excluding hydrogens is 363 g/mol. The van der Waals surface area contributed by atoms with Crippen LogP contribution in [0.4, 0.5) is 10.1 Å². The summed E-state index contributed by atoms with van der Waals surface area (Å²) >= 11 is 0. The van der Waals surface area contributed by atoms with E-state index < -0.39 is 18.1 Å². The van der Waals surface area contributed by atoms with Gasteiger partial charge in [-0.25, -0.2) is 9.24 Å². The van der Waals surface area contributed by atoms with Gasteiger partial charge in [-0.05, 0) is 30.3 Å². The van der Waals surface area contributed by atoms with E-state index in [0.717, 1.165) is 5.56 Å². The van der Waals surface area contributed by atoms with Gasteiger partial charge in [-0.15, -0.1) is 0 Å². The van der Waals surface area contributed by atoms with Gasteiger partial charge in [0, 0.05) is 32.5 Å². The highest BCUT2D eigenvalue weighted by Gasteiger charge is 2.24. The monoisotopic (exact) mass is 391 g/mol. The summed E-state index contributed by atoms with van der Waals surface area (Å²) in [6.07, 6.45) is -1.89. The molecule has 0 saturated heterocycles. The molecule has 0 aliphatic heterocycles. The van der Waals surface area contributed by atoms with Crippen molar-refractivity contribution in [3.8, 4) is 11.3 Å². The lowest BCUT2D eigenvalue weighted by molar-refractivity contribution is -0.666. The summed E-state index contributed by atoms with van der Waals surface area (Å²) in [5, 5.41) is 1.17. The first-order valence-electron chi connectivity index (χ1n) is 11.5. The maximum atomic E-state index is 14.9. The summed E-state index contributed by atoms with van der Waals surface area (Å²) < 4.78 is 57.4. The fourth-order valence-electron chi connectivity index (χ4n) is 3.60. The third-order valence-electron chi connectivity index (χ3n) is 5.12. The van der Waals surface area contributed by atoms with Gasteiger partial charge in [0.2, 0.25) is 11.4 Å². The fraction of sp³-hybridized carbons (Fsp3) is 0.280. The van der Waals surface area contributed by atoms with E-state index in [1.807, 2.05) is 19.1 Å². The molecular formula is C25H24FN2O+. The number of aromatic nitrogens is 1. The molecule has 4 rings (SSSR count). The van der Waals surface area contributed by atoms with E-state index >= 15 is 0 Å². The van der Waals surface area contributed by atoms with Crippen LogP contribution in [0.1, 0.15) is 36.2 Å². The number of rotatable bonds is 3. The van der Waals surface area contributed by atoms with Gasteiger partial charge in [-0.3, -0.25) is 0 Å². The molecule has 0 N–H and O–H groups in total. The second kappa shape index (κ2) is 7.00. The minimum atomic E-state index is -1.89. The Morgan fingerprint density at radius 2 is 1.86 bits per heavy atom. The Morgan fingerprint density at radius 3 is 2.55 bits per heavy atom. The van der Waals surface area contributed by atoms with Crippen LogP contribution in [0.15, 0.2) is 40.8 Å². The van der Waals surface area contributed by atoms with Gasteiger partial charge in [0.05, 0.1) is 14.9 Å². The third-order valence-corrected chi connectivity index (χ3v) is 5.12. The van der Waals surface area contributed by atoms with Crippen LogP contribution in [-0.4, -0.2) is 0 Å². The normalized spacial score (nSPS) is 14.0. The second-order valence-electron chi connectivity index (χ2n) is 7.54. The Kier molecular flexibility index (Phi) is 3.56. The molecule has 29 heavy (non-hydrogen) atoms. The van der Waals surface area contributed by atoms with E-state index in [9.17, 15) is 4.39 Å². The molecule has 2 heterocycles. The summed E-state index contributed by atoms with van der Waals surface area (Å²) in [5.41, 5.74) is 2.46. The number of nitrogens with zero attached hydrogens (tertiary/aromatic N) is 2. The molecule has 0 amide bonds. The first-order chi connectivity index (χ1) is 15.4. The number of hydrogen-bond acceptors (Lipinski definition) is 1. The molecule has 0 radical (unpaired) electrons. The molecule has 0 spiro atoms. The van der Waals surface area contributed by atoms with E-state index in [0.29, 0.717) is 33.3 Å². The molecule has 2 aromatic heterocycles. The quantitative estimate of drug-likeness (QED) is 0.285. The summed E-state index contributed by atoms with van der Waals surface area (Å²) in [5.74, 6) is -1.18. The zero-order valence-corrected chi connectivity index (χ0v) is 17.1. The van der Waals surface area contributed by atoms with E-state index in [-0.39, 0.29) is 28.9 Å². The van der Waals surface area contributed by atoms with Crippen molar-refractivity contribution in [2.45, 2.75) is 34.1 Å². The first kappa shape index (κ1) is 14.8. The van der Waals surface area contributed by atoms with Crippen molar-refractivity contribution in [1.82, 2.24) is 0 Å². The molecule has 0 fully saturated rings. The Morgan fingerprint density at radius 1 is 1.17 bits per heavy atom. The van der Waals surface area contributed by atoms with Gasteiger partial charge in [-0.1, -0.05) is 38.1 Å². The average Bonchev–Trinajstić information content (AvgIpc) is 3.13. The van der Waals surface area contributed by atoms with E-state index in [1.165, 1.54) is 6.07 Å². The van der Waals surface area contributed by atoms with Crippen molar-refractivity contribution in [2.75, 3.05) is 0 Å². The van der Waals surface area contributed by atoms with Gasteiger partial charge in [0.15, 0.2) is 17.1 Å². The van der Waals surface area contributed by atoms with Crippen LogP contribution in [0.2, 0.25) is 0 Å². The predicted molar refractivity (Wildman–Crippen MR) is 115 cm³/mol. The van der Waals surface area contributed by atoms with Crippen LogP contribution in [0.25, 0.3) is 38.0 Å². The summed E-state index contributed by atoms with van der Waals surface area (Å²) in [6.45, 7) is 14.2. The van der Waals surface area contributed by atoms with Crippen molar-refractivity contribution in [3.05, 3.63) is 70.4 Å². The first-order valence-corrected chi connectivity index (χ1v) is 9.45. The Balaban J connectivity index is 2.19. The molecule has 0 atom stereocenters. The maximum Gasteiger partial charge on any atom is 0.225 e. The van der Waals surface area contributed by atoms with Crippen molar-refractivity contribution in [3.63, 3.8) is 0 Å². The van der Waals surface area contributed by atoms with Crippen molar-refractivity contribution in [2.24, 2.45) is 13.0 Å². The largest absolute Gasteiger partial charge is 0.453 e. The van der Waals surface area contributed by atoms with Crippen LogP contribution in [0.5, 0.6) is 0 Å². The molecule has 146 valence electrons. The molecule has 0 saturated carbocycles. The minimum Gasteiger partial charge on any atom is -0.453 e. The maximum absolute atomic E-state index is 14.9. The number of fused-ring (bicyclic) bond motifs is 3. The molecule has 0 bridgehead atoms. The summed E-state index contributed by atoms with van der Waals surface area (Å²) in [7, 11) is 1.73. The van der Waals surface area contributed by atoms with Crippen LogP contribution < -0.4 is 4.57 Å². The molecule has 0 unspecified atom stereocenters. The number of pyridine rings is 1. The number of furan rings is 1. The number of hydrogen-bond donors (Lipinski definition) is 0. The Bertz CT molecular complexity index is 1500. The molecule has 0 aliphatic carbocycles. The van der Waals surface area contributed by atoms with E-state index in [4.69, 9.17) is 16.5 Å². The van der Waals surface area contributed by atoms with Crippen molar-refractivity contribution >= 4 is 27.6 Å². The fourth-order valence-corrected chi connectivity index (χ4v) is 3.60. The lowest BCUT2D eigenvalue weighted by Crippen LogP contribution is -2.35. The predicted octanol–water partition coefficient (Wildman–Crippen LogP) is 6.58. The van der Waals surface area contributed by atoms with E-state index in [1.54, 1.807) is 38.5 Å². The number of aryl methyl sites for hydroxylation is 1. The Hall–Kier alpha value is -3.19. The second-order valence-corrected chi connectivity index (χ2v) is 7.54. The van der Waals surface area contributed by atoms with Gasteiger partial charge >= 0.3 is 0 Å². The van der Waals surface area contributed by atoms with Crippen molar-refractivity contribution < 1.29 is 18.9 Å². The molecule has 2 aromatic carbocycles. The van der Waals surface area contributed by atoms with E-state index in [2.05, 4.69) is 4.85 Å². The lowest BCUT2D eigenvalue weighted by atomic mass is 9.96. The van der Waals surface area contributed by atoms with Crippen molar-refractivity contribution in [1.29, 1.82) is 0 Å². The van der Waals surface area contributed by atoms with Gasteiger partial charge in [0.25, 0.3) is 0 Å². The van der Waals surface area contributed by atoms with Crippen LogP contribution >= 0.6 is 0 Å². The highest BCUT2D eigenvalue weighted by molar-refractivity contribution is 6.10. The number of benzene rings is 2. The molecule has 4 heteroatoms. The molecule has 3 nitrogen and oxygen atoms in total. The van der Waals surface area contributed by atoms with Crippen LogP contribution in [-0.2, 0) is 13.4 Å². The zero-order valence-electron chi connectivity index (χ0n) is 21.1. The summed E-state index contributed by atoms with van der Waals surface area (Å²) in [4.78, 5) is 3.21. The van der Waals surface area contributed by atoms with Crippen LogP contribution in [0.3, 0.4) is 0 Å². The average molecular weight is 392 g/mol. The molecule has 0 aliphatic rings. The summed E-state index contributed by atoms with van der Waals surface area (Å²) in [6, 6.07) is 6.65. The van der Waals surface area contributed by atoms with Gasteiger partial charge in [-0.2, -0.15) is 4.57 Å². The zero-order chi connectivity index (χ0) is 24.4. The lowest BCUT2D eigenvalue weighted by Gasteiger charge is -2.11. The van der Waals surface area contributed by atoms with Gasteiger partial charge < -0.3 is 4.42 Å². The minimum absolute atomic E-state index is 0.00729. The van der Waals surface area contributed by atoms with Crippen LogP contribution in [0, 0.1) is 32.2 Å². The Labute approximate surface area is 175 Å². The number of halogens is 1. The molecule has 4 aromatic rings. The standard InChI is InChI=1S/C25H24FN2O/c1-14(2)11-17-12-16(4)28(6)21(13-17)22-15(3)7-8-18-19-9-10-20(27-5)23(26)25(19)29-24(18)22/h7-10,12-14H,11H2,1-4,6H3/q+1/i11D2,12D,13D. The smallest absolute Gasteiger partial charge is 0.225 e. The highest BCUT2D eigenvalue weighted by Crippen LogP contribution is 2.39. The highest BCUT2D eigenvalue weighted by atomic mass is 19.1. The SMILES string of the molecule is [2H]c1c(C([2H])([2H])C(C)C)c([2H])c(-c2c(C)ccc3c2oc2c(F)c([N+]#[C-])ccc23)[n+](C)c1C. The third kappa shape index (κ3) is 3.07. The van der Waals surface area contributed by atoms with Gasteiger partial charge in [0.1, 0.15) is 12.6 Å². The topological polar surface area (TPSA) is 21.4 Å².